The van der Waals surface area contributed by atoms with Crippen LogP contribution in [-0.2, 0) is 24.2 Å². The van der Waals surface area contributed by atoms with Crippen LogP contribution in [0.5, 0.6) is 0 Å². The van der Waals surface area contributed by atoms with E-state index in [0.717, 1.165) is 12.0 Å². The summed E-state index contributed by atoms with van der Waals surface area (Å²) in [6.45, 7) is 1.58. The molecule has 9 heteroatoms. The summed E-state index contributed by atoms with van der Waals surface area (Å²) in [4.78, 5) is 26.8. The first kappa shape index (κ1) is 18.2. The monoisotopic (exact) mass is 408 g/mol. The number of fused-ring (bicyclic) bond motifs is 2. The van der Waals surface area contributed by atoms with E-state index in [1.165, 1.54) is 22.4 Å². The predicted molar refractivity (Wildman–Crippen MR) is 100 cm³/mol. The Bertz CT molecular complexity index is 1060. The van der Waals surface area contributed by atoms with Crippen LogP contribution < -0.4 is 4.90 Å². The quantitative estimate of drug-likeness (QED) is 0.614. The van der Waals surface area contributed by atoms with Crippen molar-refractivity contribution in [2.24, 2.45) is 0 Å². The molecule has 2 heterocycles. The molecular weight excluding hydrogens is 394 g/mol. The molecule has 0 atom stereocenters. The number of benzene rings is 1. The minimum absolute atomic E-state index is 0.0945. The number of thiazole rings is 1. The first-order chi connectivity index (χ1) is 13.0. The fourth-order valence-electron chi connectivity index (χ4n) is 3.49. The number of amides is 1. The van der Waals surface area contributed by atoms with Gasteiger partial charge in [-0.2, -0.15) is 4.98 Å². The number of halogens is 3. The fourth-order valence-corrected chi connectivity index (χ4v) is 4.26. The minimum Gasteiger partial charge on any atom is -0.275 e. The van der Waals surface area contributed by atoms with Gasteiger partial charge < -0.3 is 0 Å². The molecule has 3 aromatic rings. The number of anilines is 1. The smallest absolute Gasteiger partial charge is 0.244 e. The highest BCUT2D eigenvalue weighted by atomic mass is 35.5. The van der Waals surface area contributed by atoms with Crippen LogP contribution in [0.25, 0.3) is 10.3 Å². The van der Waals surface area contributed by atoms with Crippen molar-refractivity contribution in [3.63, 3.8) is 0 Å². The second-order valence-corrected chi connectivity index (χ2v) is 7.47. The number of hydrogen-bond acceptors (Lipinski definition) is 5. The van der Waals surface area contributed by atoms with Crippen LogP contribution in [0.2, 0.25) is 0 Å². The minimum atomic E-state index is -0.917. The van der Waals surface area contributed by atoms with Crippen LogP contribution in [0.3, 0.4) is 0 Å². The summed E-state index contributed by atoms with van der Waals surface area (Å²) in [6.07, 6.45) is 3.54. The zero-order valence-electron chi connectivity index (χ0n) is 14.4. The van der Waals surface area contributed by atoms with E-state index in [1.54, 1.807) is 12.4 Å². The number of aromatic nitrogens is 3. The van der Waals surface area contributed by atoms with Gasteiger partial charge in [0.1, 0.15) is 16.2 Å². The van der Waals surface area contributed by atoms with E-state index in [-0.39, 0.29) is 23.9 Å². The van der Waals surface area contributed by atoms with Crippen LogP contribution in [0.15, 0.2) is 11.7 Å². The molecule has 27 heavy (non-hydrogen) atoms. The maximum Gasteiger partial charge on any atom is 0.244 e. The van der Waals surface area contributed by atoms with Crippen molar-refractivity contribution in [1.82, 2.24) is 15.0 Å². The first-order valence-electron chi connectivity index (χ1n) is 8.42. The normalized spacial score (nSPS) is 13.2. The molecule has 0 spiro atoms. The molecule has 0 saturated heterocycles. The Hall–Kier alpha value is -2.19. The number of hydrogen-bond donors (Lipinski definition) is 0. The summed E-state index contributed by atoms with van der Waals surface area (Å²) in [7, 11) is 0. The largest absolute Gasteiger partial charge is 0.275 e. The van der Waals surface area contributed by atoms with Crippen LogP contribution in [0, 0.1) is 18.6 Å². The fraction of sp³-hybridized carbons (Fsp3) is 0.333. The van der Waals surface area contributed by atoms with Crippen LogP contribution in [-0.4, -0.2) is 26.7 Å². The molecule has 0 aliphatic heterocycles. The highest BCUT2D eigenvalue weighted by Crippen LogP contribution is 2.33. The van der Waals surface area contributed by atoms with Gasteiger partial charge >= 0.3 is 0 Å². The number of rotatable bonds is 4. The highest BCUT2D eigenvalue weighted by Gasteiger charge is 2.28. The highest BCUT2D eigenvalue weighted by molar-refractivity contribution is 7.16. The van der Waals surface area contributed by atoms with Gasteiger partial charge in [-0.25, -0.2) is 18.7 Å². The third kappa shape index (κ3) is 3.06. The SMILES string of the molecule is Cc1c(CN(C(=O)CCl)c2ncc3ncsc3n2)c(F)c(F)c2c1CCC2. The first-order valence-corrected chi connectivity index (χ1v) is 9.83. The molecule has 4 rings (SSSR count). The van der Waals surface area contributed by atoms with E-state index in [0.29, 0.717) is 34.3 Å². The summed E-state index contributed by atoms with van der Waals surface area (Å²) < 4.78 is 29.3. The van der Waals surface area contributed by atoms with E-state index in [4.69, 9.17) is 11.6 Å². The predicted octanol–water partition coefficient (Wildman–Crippen LogP) is 3.93. The van der Waals surface area contributed by atoms with Gasteiger partial charge in [-0.1, -0.05) is 0 Å². The molecule has 1 aliphatic carbocycles. The molecule has 0 N–H and O–H groups in total. The average Bonchev–Trinajstić information content (AvgIpc) is 3.34. The van der Waals surface area contributed by atoms with Crippen LogP contribution >= 0.6 is 22.9 Å². The number of alkyl halides is 1. The summed E-state index contributed by atoms with van der Waals surface area (Å²) in [5.41, 5.74) is 4.32. The Morgan fingerprint density at radius 3 is 2.81 bits per heavy atom. The lowest BCUT2D eigenvalue weighted by molar-refractivity contribution is -0.116. The van der Waals surface area contributed by atoms with Crippen molar-refractivity contribution in [1.29, 1.82) is 0 Å². The van der Waals surface area contributed by atoms with E-state index in [1.807, 2.05) is 0 Å². The van der Waals surface area contributed by atoms with Crippen LogP contribution in [0.1, 0.15) is 28.7 Å². The topological polar surface area (TPSA) is 59.0 Å². The van der Waals surface area contributed by atoms with Crippen molar-refractivity contribution in [3.05, 3.63) is 45.6 Å². The van der Waals surface area contributed by atoms with E-state index >= 15 is 0 Å². The van der Waals surface area contributed by atoms with Gasteiger partial charge in [0.05, 0.1) is 18.3 Å². The van der Waals surface area contributed by atoms with Crippen molar-refractivity contribution in [2.45, 2.75) is 32.7 Å². The lowest BCUT2D eigenvalue weighted by Crippen LogP contribution is -2.33. The zero-order chi connectivity index (χ0) is 19.1. The van der Waals surface area contributed by atoms with Crippen molar-refractivity contribution in [2.75, 3.05) is 10.8 Å². The lowest BCUT2D eigenvalue weighted by atomic mass is 9.97. The Kier molecular flexibility index (Phi) is 4.77. The third-order valence-electron chi connectivity index (χ3n) is 4.90. The average molecular weight is 409 g/mol. The van der Waals surface area contributed by atoms with E-state index < -0.39 is 17.5 Å². The summed E-state index contributed by atoms with van der Waals surface area (Å²) in [5.74, 6) is -2.45. The molecule has 1 amide bonds. The molecule has 5 nitrogen and oxygen atoms in total. The second kappa shape index (κ2) is 7.09. The van der Waals surface area contributed by atoms with Crippen molar-refractivity contribution < 1.29 is 13.6 Å². The maximum absolute atomic E-state index is 14.8. The van der Waals surface area contributed by atoms with Gasteiger partial charge in [0.2, 0.25) is 11.9 Å². The lowest BCUT2D eigenvalue weighted by Gasteiger charge is -2.22. The van der Waals surface area contributed by atoms with Gasteiger partial charge in [-0.3, -0.25) is 9.69 Å². The standard InChI is InChI=1S/C18H15ClF2N4OS/c1-9-10-3-2-4-11(10)15(20)16(21)12(9)7-25(14(26)5-19)18-22-6-13-17(24-18)27-8-23-13/h6,8H,2-5,7H2,1H3. The summed E-state index contributed by atoms with van der Waals surface area (Å²) >= 11 is 7.04. The molecule has 0 saturated carbocycles. The molecule has 140 valence electrons. The van der Waals surface area contributed by atoms with Gasteiger partial charge in [0.25, 0.3) is 0 Å². The number of nitrogens with zero attached hydrogens (tertiary/aromatic N) is 4. The Morgan fingerprint density at radius 2 is 2.04 bits per heavy atom. The Labute approximate surface area is 163 Å². The van der Waals surface area contributed by atoms with E-state index in [9.17, 15) is 13.6 Å². The summed E-state index contributed by atoms with van der Waals surface area (Å²) in [6, 6.07) is 0. The Morgan fingerprint density at radius 1 is 1.26 bits per heavy atom. The van der Waals surface area contributed by atoms with Crippen molar-refractivity contribution in [3.8, 4) is 0 Å². The summed E-state index contributed by atoms with van der Waals surface area (Å²) in [5, 5.41) is 0. The maximum atomic E-state index is 14.8. The van der Waals surface area contributed by atoms with Gasteiger partial charge in [0.15, 0.2) is 11.6 Å². The zero-order valence-corrected chi connectivity index (χ0v) is 16.0. The molecule has 0 fully saturated rings. The second-order valence-electron chi connectivity index (χ2n) is 6.37. The van der Waals surface area contributed by atoms with Gasteiger partial charge in [-0.15, -0.1) is 22.9 Å². The third-order valence-corrected chi connectivity index (χ3v) is 5.86. The molecule has 0 bridgehead atoms. The number of carbonyl (C=O) groups excluding carboxylic acids is 1. The van der Waals surface area contributed by atoms with Gasteiger partial charge in [0, 0.05) is 5.56 Å². The number of carbonyl (C=O) groups is 1. The molecule has 2 aromatic heterocycles. The van der Waals surface area contributed by atoms with Crippen LogP contribution in [0.4, 0.5) is 14.7 Å². The van der Waals surface area contributed by atoms with E-state index in [2.05, 4.69) is 15.0 Å². The molecule has 0 radical (unpaired) electrons. The van der Waals surface area contributed by atoms with Crippen molar-refractivity contribution >= 4 is 45.1 Å². The van der Waals surface area contributed by atoms with Gasteiger partial charge in [-0.05, 0) is 42.9 Å². The molecule has 1 aromatic carbocycles. The molecule has 0 unspecified atom stereocenters. The molecular formula is C18H15ClF2N4OS. The molecule has 1 aliphatic rings. The Balaban J connectivity index is 1.79.